The van der Waals surface area contributed by atoms with Crippen LogP contribution >= 0.6 is 11.6 Å². The van der Waals surface area contributed by atoms with Gasteiger partial charge in [-0.1, -0.05) is 60.1 Å². The Morgan fingerprint density at radius 2 is 1.62 bits per heavy atom. The Hall–Kier alpha value is -4.69. The van der Waals surface area contributed by atoms with Crippen molar-refractivity contribution in [1.82, 2.24) is 9.78 Å². The average Bonchev–Trinajstić information content (AvgIpc) is 3.20. The number of para-hydroxylation sites is 2. The van der Waals surface area contributed by atoms with Crippen LogP contribution in [0.3, 0.4) is 0 Å². The van der Waals surface area contributed by atoms with Crippen LogP contribution in [0.15, 0.2) is 84.9 Å². The molecule has 2 N–H and O–H groups in total. The van der Waals surface area contributed by atoms with Crippen molar-refractivity contribution < 1.29 is 19.1 Å². The van der Waals surface area contributed by atoms with Gasteiger partial charge in [0.1, 0.15) is 0 Å². The number of nitrogens with zero attached hydrogens (tertiary/aromatic N) is 2. The number of benzene rings is 3. The number of aryl methyl sites for hydroxylation is 1. The first-order valence-electron chi connectivity index (χ1n) is 12.2. The highest BCUT2D eigenvalue weighted by Crippen LogP contribution is 2.21. The van der Waals surface area contributed by atoms with E-state index in [2.05, 4.69) is 15.7 Å². The maximum atomic E-state index is 12.7. The number of ether oxygens (including phenoxy) is 1. The van der Waals surface area contributed by atoms with Gasteiger partial charge >= 0.3 is 5.97 Å². The summed E-state index contributed by atoms with van der Waals surface area (Å²) in [6.07, 6.45) is 2.87. The number of nitrogens with one attached hydrogen (secondary N) is 2. The second kappa shape index (κ2) is 12.7. The number of carbonyl (C=O) groups excluding carboxylic acids is 3. The van der Waals surface area contributed by atoms with Crippen molar-refractivity contribution in [3.05, 3.63) is 118 Å². The smallest absolute Gasteiger partial charge is 0.331 e. The van der Waals surface area contributed by atoms with Crippen LogP contribution in [0.25, 0.3) is 6.08 Å². The molecular formula is C30H27ClN4O4. The number of aromatic nitrogens is 2. The van der Waals surface area contributed by atoms with E-state index >= 15 is 0 Å². The molecule has 0 aliphatic carbocycles. The van der Waals surface area contributed by atoms with Crippen LogP contribution in [-0.2, 0) is 20.9 Å². The maximum absolute atomic E-state index is 12.7. The predicted molar refractivity (Wildman–Crippen MR) is 152 cm³/mol. The van der Waals surface area contributed by atoms with Gasteiger partial charge in [0.15, 0.2) is 6.61 Å². The van der Waals surface area contributed by atoms with Crippen molar-refractivity contribution in [3.63, 3.8) is 0 Å². The molecule has 0 bridgehead atoms. The summed E-state index contributed by atoms with van der Waals surface area (Å²) >= 11 is 6.28. The summed E-state index contributed by atoms with van der Waals surface area (Å²) in [6.45, 7) is 3.73. The molecule has 0 spiro atoms. The quantitative estimate of drug-likeness (QED) is 0.210. The van der Waals surface area contributed by atoms with E-state index < -0.39 is 18.5 Å². The maximum Gasteiger partial charge on any atom is 0.331 e. The fourth-order valence-corrected chi connectivity index (χ4v) is 4.12. The lowest BCUT2D eigenvalue weighted by atomic mass is 10.1. The van der Waals surface area contributed by atoms with Crippen molar-refractivity contribution >= 4 is 46.8 Å². The molecular weight excluding hydrogens is 516 g/mol. The minimum Gasteiger partial charge on any atom is -0.452 e. The molecule has 3 aromatic carbocycles. The number of esters is 1. The molecule has 0 fully saturated rings. The van der Waals surface area contributed by atoms with E-state index in [4.69, 9.17) is 16.3 Å². The van der Waals surface area contributed by atoms with Gasteiger partial charge in [-0.15, -0.1) is 0 Å². The Labute approximate surface area is 231 Å². The van der Waals surface area contributed by atoms with Crippen molar-refractivity contribution in [2.24, 2.45) is 0 Å². The Morgan fingerprint density at radius 1 is 0.923 bits per heavy atom. The number of carbonyl (C=O) groups is 3. The number of hydrogen-bond acceptors (Lipinski definition) is 5. The number of amides is 2. The van der Waals surface area contributed by atoms with Crippen molar-refractivity contribution in [2.45, 2.75) is 20.4 Å². The Kier molecular flexibility index (Phi) is 8.91. The molecule has 4 rings (SSSR count). The van der Waals surface area contributed by atoms with E-state index in [0.29, 0.717) is 22.9 Å². The van der Waals surface area contributed by atoms with Gasteiger partial charge in [-0.05, 0) is 55.8 Å². The van der Waals surface area contributed by atoms with Crippen LogP contribution in [-0.4, -0.2) is 34.2 Å². The molecule has 0 saturated carbocycles. The Morgan fingerprint density at radius 3 is 2.38 bits per heavy atom. The zero-order valence-corrected chi connectivity index (χ0v) is 22.2. The summed E-state index contributed by atoms with van der Waals surface area (Å²) in [6, 6.07) is 23.1. The molecule has 1 aromatic heterocycles. The summed E-state index contributed by atoms with van der Waals surface area (Å²) in [7, 11) is 0. The van der Waals surface area contributed by atoms with E-state index in [1.54, 1.807) is 42.5 Å². The molecule has 4 aromatic rings. The Bertz CT molecular complexity index is 1530. The topological polar surface area (TPSA) is 102 Å². The fourth-order valence-electron chi connectivity index (χ4n) is 3.93. The van der Waals surface area contributed by atoms with Crippen molar-refractivity contribution in [1.29, 1.82) is 0 Å². The normalized spacial score (nSPS) is 10.8. The first-order valence-corrected chi connectivity index (χ1v) is 12.6. The fraction of sp³-hybridized carbons (Fsp3) is 0.133. The summed E-state index contributed by atoms with van der Waals surface area (Å²) in [5, 5.41) is 10.6. The molecule has 0 aliphatic heterocycles. The van der Waals surface area contributed by atoms with Crippen LogP contribution in [0.2, 0.25) is 5.02 Å². The third kappa shape index (κ3) is 7.21. The molecule has 198 valence electrons. The van der Waals surface area contributed by atoms with Crippen LogP contribution in [0.5, 0.6) is 0 Å². The van der Waals surface area contributed by atoms with E-state index in [9.17, 15) is 14.4 Å². The van der Waals surface area contributed by atoms with Gasteiger partial charge in [0.25, 0.3) is 11.8 Å². The highest BCUT2D eigenvalue weighted by atomic mass is 35.5. The highest BCUT2D eigenvalue weighted by Gasteiger charge is 2.15. The summed E-state index contributed by atoms with van der Waals surface area (Å²) in [5.41, 5.74) is 4.53. The van der Waals surface area contributed by atoms with E-state index in [1.807, 2.05) is 61.0 Å². The zero-order valence-electron chi connectivity index (χ0n) is 21.5. The van der Waals surface area contributed by atoms with Gasteiger partial charge in [-0.25, -0.2) is 4.79 Å². The van der Waals surface area contributed by atoms with Gasteiger partial charge in [-0.3, -0.25) is 14.3 Å². The van der Waals surface area contributed by atoms with Gasteiger partial charge in [-0.2, -0.15) is 5.10 Å². The largest absolute Gasteiger partial charge is 0.452 e. The molecule has 0 unspecified atom stereocenters. The molecule has 39 heavy (non-hydrogen) atoms. The third-order valence-corrected chi connectivity index (χ3v) is 6.29. The molecule has 2 amide bonds. The second-order valence-corrected chi connectivity index (χ2v) is 9.10. The monoisotopic (exact) mass is 542 g/mol. The van der Waals surface area contributed by atoms with Crippen molar-refractivity contribution in [3.8, 4) is 0 Å². The molecule has 8 nitrogen and oxygen atoms in total. The molecule has 0 saturated heterocycles. The van der Waals surface area contributed by atoms with Crippen LogP contribution in [0, 0.1) is 13.8 Å². The SMILES string of the molecule is Cc1nn(Cc2ccccc2Cl)c(C)c1/C=C/C(=O)OCC(=O)Nc1ccccc1C(=O)Nc1ccccc1. The van der Waals surface area contributed by atoms with E-state index in [-0.39, 0.29) is 11.5 Å². The lowest BCUT2D eigenvalue weighted by Crippen LogP contribution is -2.22. The molecule has 0 radical (unpaired) electrons. The number of hydrogen-bond donors (Lipinski definition) is 2. The van der Waals surface area contributed by atoms with Crippen LogP contribution < -0.4 is 10.6 Å². The average molecular weight is 543 g/mol. The zero-order chi connectivity index (χ0) is 27.8. The van der Waals surface area contributed by atoms with Gasteiger partial charge < -0.3 is 15.4 Å². The molecule has 0 atom stereocenters. The van der Waals surface area contributed by atoms with Gasteiger partial charge in [0.2, 0.25) is 0 Å². The first-order chi connectivity index (χ1) is 18.8. The van der Waals surface area contributed by atoms with E-state index in [1.165, 1.54) is 6.08 Å². The number of rotatable bonds is 9. The second-order valence-electron chi connectivity index (χ2n) is 8.69. The number of anilines is 2. The molecule has 0 aliphatic rings. The van der Waals surface area contributed by atoms with Gasteiger partial charge in [0, 0.05) is 28.0 Å². The minimum absolute atomic E-state index is 0.278. The van der Waals surface area contributed by atoms with Crippen LogP contribution in [0.4, 0.5) is 11.4 Å². The molecule has 9 heteroatoms. The summed E-state index contributed by atoms with van der Waals surface area (Å²) < 4.78 is 6.93. The minimum atomic E-state index is -0.682. The van der Waals surface area contributed by atoms with Crippen LogP contribution in [0.1, 0.15) is 32.9 Å². The summed E-state index contributed by atoms with van der Waals surface area (Å²) in [5.74, 6) is -1.63. The predicted octanol–water partition coefficient (Wildman–Crippen LogP) is 5.65. The van der Waals surface area contributed by atoms with E-state index in [0.717, 1.165) is 22.5 Å². The lowest BCUT2D eigenvalue weighted by molar-refractivity contribution is -0.142. The Balaban J connectivity index is 1.33. The third-order valence-electron chi connectivity index (χ3n) is 5.92. The lowest BCUT2D eigenvalue weighted by Gasteiger charge is -2.11. The molecule has 1 heterocycles. The highest BCUT2D eigenvalue weighted by molar-refractivity contribution is 6.31. The summed E-state index contributed by atoms with van der Waals surface area (Å²) in [4.78, 5) is 37.5. The first kappa shape index (κ1) is 27.3. The van der Waals surface area contributed by atoms with Crippen molar-refractivity contribution in [2.75, 3.05) is 17.2 Å². The standard InChI is InChI=1S/C30H27ClN4O4/c1-20-24(21(2)35(34-20)18-22-10-6-8-14-26(22)31)16-17-29(37)39-19-28(36)33-27-15-9-7-13-25(27)30(38)32-23-11-4-3-5-12-23/h3-17H,18-19H2,1-2H3,(H,32,38)(H,33,36)/b17-16+. The van der Waals surface area contributed by atoms with Gasteiger partial charge in [0.05, 0.1) is 23.5 Å². The number of halogens is 1.